The largest absolute Gasteiger partial charge is 0.460 e. The summed E-state index contributed by atoms with van der Waals surface area (Å²) in [5, 5.41) is 6.03. The Labute approximate surface area is 454 Å². The molecule has 0 bridgehead atoms. The fourth-order valence-corrected chi connectivity index (χ4v) is 13.2. The Morgan fingerprint density at radius 2 is 1.18 bits per heavy atom. The minimum atomic E-state index is -0.632. The van der Waals surface area contributed by atoms with Crippen LogP contribution in [0.25, 0.3) is 49.3 Å². The summed E-state index contributed by atoms with van der Waals surface area (Å²) in [6.07, 6.45) is 10.9. The minimum absolute atomic E-state index is 0.0122. The lowest BCUT2D eigenvalue weighted by Crippen LogP contribution is -2.35. The van der Waals surface area contributed by atoms with E-state index in [0.717, 1.165) is 67.7 Å². The summed E-state index contributed by atoms with van der Waals surface area (Å²) in [6.45, 7) is 24.2. The second-order valence-electron chi connectivity index (χ2n) is 23.7. The Kier molecular flexibility index (Phi) is 11.1. The number of aromatic nitrogens is 1. The summed E-state index contributed by atoms with van der Waals surface area (Å²) in [5.41, 5.74) is 19.5. The van der Waals surface area contributed by atoms with Crippen molar-refractivity contribution in [1.29, 1.82) is 0 Å². The van der Waals surface area contributed by atoms with Gasteiger partial charge in [0.2, 0.25) is 0 Å². The van der Waals surface area contributed by atoms with Gasteiger partial charge in [0, 0.05) is 45.8 Å². The zero-order chi connectivity index (χ0) is 53.1. The van der Waals surface area contributed by atoms with Gasteiger partial charge in [-0.2, -0.15) is 0 Å². The van der Waals surface area contributed by atoms with Gasteiger partial charge >= 0.3 is 0 Å². The van der Waals surface area contributed by atoms with Crippen LogP contribution in [0.15, 0.2) is 229 Å². The van der Waals surface area contributed by atoms with Crippen LogP contribution in [0.5, 0.6) is 0 Å². The van der Waals surface area contributed by atoms with Gasteiger partial charge in [-0.15, -0.1) is 0 Å². The summed E-state index contributed by atoms with van der Waals surface area (Å²) in [4.78, 5) is 10.1. The molecule has 4 nitrogen and oxygen atoms in total. The molecular weight excluding hydrogens is 935 g/mol. The quantitative estimate of drug-likeness (QED) is 0.112. The van der Waals surface area contributed by atoms with Crippen LogP contribution in [-0.4, -0.2) is 4.98 Å². The molecule has 0 aliphatic heterocycles. The zero-order valence-electron chi connectivity index (χ0n) is 45.7. The molecule has 0 fully saturated rings. The van der Waals surface area contributed by atoms with Gasteiger partial charge in [-0.25, -0.2) is 4.98 Å². The Morgan fingerprint density at radius 3 is 1.81 bits per heavy atom. The molecular formula is C73H65N3O. The third-order valence-electron chi connectivity index (χ3n) is 17.0. The van der Waals surface area contributed by atoms with E-state index in [1.807, 2.05) is 12.3 Å². The van der Waals surface area contributed by atoms with Crippen LogP contribution < -0.4 is 9.80 Å². The number of allylic oxidation sites excluding steroid dienone is 6. The molecule has 0 radical (unpaired) electrons. The van der Waals surface area contributed by atoms with Gasteiger partial charge in [0.15, 0.2) is 0 Å². The molecule has 77 heavy (non-hydrogen) atoms. The number of aryl methyl sites for hydroxylation is 1. The monoisotopic (exact) mass is 1000 g/mol. The molecule has 2 atom stereocenters. The van der Waals surface area contributed by atoms with Crippen LogP contribution in [-0.2, 0) is 16.2 Å². The molecule has 8 aromatic carbocycles. The minimum Gasteiger partial charge on any atom is -0.460 e. The molecule has 10 aromatic rings. The van der Waals surface area contributed by atoms with Crippen molar-refractivity contribution in [3.63, 3.8) is 0 Å². The number of anilines is 4. The van der Waals surface area contributed by atoms with E-state index < -0.39 is 5.41 Å². The molecule has 1 spiro atoms. The second-order valence-corrected chi connectivity index (χ2v) is 23.7. The van der Waals surface area contributed by atoms with Crippen molar-refractivity contribution in [3.8, 4) is 11.1 Å². The van der Waals surface area contributed by atoms with Crippen LogP contribution in [0, 0.1) is 12.8 Å². The first-order valence-corrected chi connectivity index (χ1v) is 27.3. The Bertz CT molecular complexity index is 4070. The molecule has 2 heterocycles. The van der Waals surface area contributed by atoms with E-state index in [-0.39, 0.29) is 22.7 Å². The second kappa shape index (κ2) is 17.8. The number of hydrogen-bond acceptors (Lipinski definition) is 4. The third-order valence-corrected chi connectivity index (χ3v) is 17.0. The van der Waals surface area contributed by atoms with E-state index >= 15 is 0 Å². The number of furan rings is 1. The molecule has 0 amide bonds. The average Bonchev–Trinajstić information content (AvgIpc) is 3.62. The topological polar surface area (TPSA) is 32.5 Å². The standard InChI is InChI=1S/C73H65N3O/c1-11-45(2)28-30-47(4)75(50-35-31-48(32-36-50)71(5,6)7)52-39-40-57-59(42-52)53-20-12-13-23-56(53)67-68-62(73(69(57)67)60-25-17-14-21-54(60)55-22-15-18-26-61(55)73)43-63(66-58-24-16-19-27-64(58)77-70(66)68)76(65-41-29-46(3)44-74-65)51-37-33-49(34-38-51)72(8,9)10/h11-44,62,68H,1H2,2-10H3/b45-28-,47-30+. The molecule has 2 aromatic heterocycles. The van der Waals surface area contributed by atoms with Crippen LogP contribution in [0.4, 0.5) is 22.9 Å². The lowest BCUT2D eigenvalue weighted by atomic mass is 9.63. The average molecular weight is 1000 g/mol. The van der Waals surface area contributed by atoms with Gasteiger partial charge in [-0.05, 0) is 158 Å². The summed E-state index contributed by atoms with van der Waals surface area (Å²) in [7, 11) is 0. The number of para-hydroxylation sites is 1. The SMILES string of the molecule is C=C/C(C)=C\C=C(/C)N(c1ccc(C(C)(C)C)cc1)c1ccc2c3c(c4ccccc4c2c1)C1c2oc4ccccc4c2C(N(c2ccc(C(C)(C)C)cc2)c2ccc(C)cn2)=CC1C31c2ccccc2-c2ccccc21. The molecule has 0 saturated heterocycles. The van der Waals surface area contributed by atoms with Crippen LogP contribution >= 0.6 is 0 Å². The smallest absolute Gasteiger partial charge is 0.137 e. The summed E-state index contributed by atoms with van der Waals surface area (Å²) in [5.74, 6) is 1.58. The number of hydrogen-bond donors (Lipinski definition) is 0. The molecule has 2 unspecified atom stereocenters. The van der Waals surface area contributed by atoms with E-state index in [1.165, 1.54) is 66.1 Å². The van der Waals surface area contributed by atoms with Crippen LogP contribution in [0.1, 0.15) is 112 Å². The van der Waals surface area contributed by atoms with Crippen molar-refractivity contribution < 1.29 is 4.42 Å². The Balaban J connectivity index is 1.15. The Hall–Kier alpha value is -8.47. The van der Waals surface area contributed by atoms with Crippen molar-refractivity contribution in [2.75, 3.05) is 9.80 Å². The fraction of sp³-hybridized carbons (Fsp3) is 0.192. The van der Waals surface area contributed by atoms with Crippen molar-refractivity contribution in [1.82, 2.24) is 4.98 Å². The number of benzene rings is 8. The van der Waals surface area contributed by atoms with Crippen molar-refractivity contribution >= 4 is 61.1 Å². The first-order chi connectivity index (χ1) is 37.2. The van der Waals surface area contributed by atoms with Crippen molar-refractivity contribution in [3.05, 3.63) is 275 Å². The van der Waals surface area contributed by atoms with Crippen LogP contribution in [0.2, 0.25) is 0 Å². The van der Waals surface area contributed by atoms with Gasteiger partial charge in [0.05, 0.1) is 17.0 Å². The number of nitrogens with zero attached hydrogens (tertiary/aromatic N) is 3. The predicted octanol–water partition coefficient (Wildman–Crippen LogP) is 19.5. The third kappa shape index (κ3) is 7.43. The molecule has 0 N–H and O–H groups in total. The van der Waals surface area contributed by atoms with Gasteiger partial charge in [-0.1, -0.05) is 199 Å². The fourth-order valence-electron chi connectivity index (χ4n) is 13.2. The lowest BCUT2D eigenvalue weighted by molar-refractivity contribution is 0.407. The maximum atomic E-state index is 7.53. The highest BCUT2D eigenvalue weighted by Gasteiger charge is 2.61. The molecule has 13 rings (SSSR count). The molecule has 3 aliphatic carbocycles. The van der Waals surface area contributed by atoms with Gasteiger partial charge < -0.3 is 9.32 Å². The number of pyridine rings is 1. The van der Waals surface area contributed by atoms with Gasteiger partial charge in [-0.3, -0.25) is 4.90 Å². The molecule has 3 aliphatic rings. The maximum absolute atomic E-state index is 7.53. The Morgan fingerprint density at radius 1 is 0.597 bits per heavy atom. The summed E-state index contributed by atoms with van der Waals surface area (Å²) >= 11 is 0. The van der Waals surface area contributed by atoms with Crippen molar-refractivity contribution in [2.45, 2.75) is 84.5 Å². The highest BCUT2D eigenvalue weighted by atomic mass is 16.3. The molecule has 378 valence electrons. The summed E-state index contributed by atoms with van der Waals surface area (Å²) in [6, 6.07) is 66.1. The zero-order valence-corrected chi connectivity index (χ0v) is 45.7. The van der Waals surface area contributed by atoms with Gasteiger partial charge in [0.1, 0.15) is 17.2 Å². The van der Waals surface area contributed by atoms with E-state index in [1.54, 1.807) is 0 Å². The van der Waals surface area contributed by atoms with E-state index in [0.29, 0.717) is 0 Å². The van der Waals surface area contributed by atoms with Crippen LogP contribution in [0.3, 0.4) is 0 Å². The maximum Gasteiger partial charge on any atom is 0.137 e. The molecule has 4 heteroatoms. The van der Waals surface area contributed by atoms with E-state index in [4.69, 9.17) is 9.40 Å². The number of rotatable bonds is 8. The highest BCUT2D eigenvalue weighted by Crippen LogP contribution is 2.70. The van der Waals surface area contributed by atoms with E-state index in [2.05, 4.69) is 273 Å². The first kappa shape index (κ1) is 48.2. The highest BCUT2D eigenvalue weighted by molar-refractivity contribution is 6.15. The predicted molar refractivity (Wildman–Crippen MR) is 324 cm³/mol. The first-order valence-electron chi connectivity index (χ1n) is 27.3. The summed E-state index contributed by atoms with van der Waals surface area (Å²) < 4.78 is 7.53. The van der Waals surface area contributed by atoms with Gasteiger partial charge in [0.25, 0.3) is 0 Å². The number of fused-ring (bicyclic) bond motifs is 19. The van der Waals surface area contributed by atoms with Crippen molar-refractivity contribution in [2.24, 2.45) is 5.92 Å². The van der Waals surface area contributed by atoms with E-state index in [9.17, 15) is 0 Å². The normalized spacial score (nSPS) is 16.5. The molecule has 0 saturated carbocycles. The lowest BCUT2D eigenvalue weighted by Gasteiger charge is -2.40.